The quantitative estimate of drug-likeness (QED) is 0.853. The molecule has 2 aliphatic heterocycles. The van der Waals surface area contributed by atoms with Crippen molar-refractivity contribution in [1.29, 1.82) is 0 Å². The van der Waals surface area contributed by atoms with Crippen LogP contribution in [0.5, 0.6) is 0 Å². The lowest BCUT2D eigenvalue weighted by Gasteiger charge is -2.42. The van der Waals surface area contributed by atoms with E-state index in [2.05, 4.69) is 49.2 Å². The first kappa shape index (κ1) is 17.8. The Kier molecular flexibility index (Phi) is 4.09. The average molecular weight is 367 g/mol. The molecule has 0 radical (unpaired) electrons. The van der Waals surface area contributed by atoms with Gasteiger partial charge in [-0.05, 0) is 56.4 Å². The van der Waals surface area contributed by atoms with Gasteiger partial charge in [-0.25, -0.2) is 4.98 Å². The summed E-state index contributed by atoms with van der Waals surface area (Å²) in [6.45, 7) is 7.67. The summed E-state index contributed by atoms with van der Waals surface area (Å²) in [5.74, 6) is -0.739. The van der Waals surface area contributed by atoms with Crippen molar-refractivity contribution in [3.8, 4) is 0 Å². The molecule has 27 heavy (non-hydrogen) atoms. The molecule has 2 N–H and O–H groups in total. The molecule has 0 saturated carbocycles. The number of hydrogen-bond acceptors (Lipinski definition) is 4. The summed E-state index contributed by atoms with van der Waals surface area (Å²) in [5, 5.41) is 13.7. The zero-order chi connectivity index (χ0) is 19.3. The number of nitrogens with one attached hydrogen (secondary N) is 1. The van der Waals surface area contributed by atoms with E-state index in [0.717, 1.165) is 11.3 Å². The molecule has 2 saturated heterocycles. The Labute approximate surface area is 158 Å². The number of hydrogen-bond donors (Lipinski definition) is 2. The number of carboxylic acid groups (broad SMARTS) is 1. The Morgan fingerprint density at radius 2 is 1.93 bits per heavy atom. The fourth-order valence-corrected chi connectivity index (χ4v) is 4.57. The van der Waals surface area contributed by atoms with Gasteiger partial charge < -0.3 is 15.3 Å². The summed E-state index contributed by atoms with van der Waals surface area (Å²) in [6.07, 6.45) is 1.34. The number of aliphatic carboxylic acids is 1. The molecule has 1 amide bonds. The summed E-state index contributed by atoms with van der Waals surface area (Å²) in [4.78, 5) is 30.6. The van der Waals surface area contributed by atoms with Crippen LogP contribution < -0.4 is 10.2 Å². The highest BCUT2D eigenvalue weighted by Crippen LogP contribution is 2.38. The number of benzene rings is 1. The van der Waals surface area contributed by atoms with Crippen LogP contribution in [0.25, 0.3) is 10.9 Å². The van der Waals surface area contributed by atoms with Gasteiger partial charge in [-0.2, -0.15) is 0 Å². The minimum Gasteiger partial charge on any atom is -0.481 e. The third kappa shape index (κ3) is 2.83. The molecule has 2 aliphatic rings. The molecule has 0 aliphatic carbocycles. The van der Waals surface area contributed by atoms with E-state index in [-0.39, 0.29) is 12.3 Å². The van der Waals surface area contributed by atoms with Gasteiger partial charge in [0.2, 0.25) is 5.91 Å². The zero-order valence-electron chi connectivity index (χ0n) is 16.0. The standard InChI is InChI=1S/C21H25N3O3/c1-12-4-5-15-13(2)10-17(22-19(15)14(12)3)24-8-6-21(7-9-24)16(20(26)27)11-18(25)23-21/h4-5,10,16H,6-9,11H2,1-3H3,(H,23,25)(H,26,27). The van der Waals surface area contributed by atoms with Crippen molar-refractivity contribution in [2.24, 2.45) is 5.92 Å². The Balaban J connectivity index is 1.63. The molecule has 1 atom stereocenters. The number of anilines is 1. The van der Waals surface area contributed by atoms with Crippen molar-refractivity contribution in [3.63, 3.8) is 0 Å². The molecule has 1 aromatic carbocycles. The van der Waals surface area contributed by atoms with Gasteiger partial charge >= 0.3 is 5.97 Å². The Hall–Kier alpha value is -2.63. The Morgan fingerprint density at radius 1 is 1.22 bits per heavy atom. The molecule has 1 aromatic heterocycles. The summed E-state index contributed by atoms with van der Waals surface area (Å²) in [6, 6.07) is 6.36. The highest BCUT2D eigenvalue weighted by molar-refractivity contribution is 5.89. The maximum atomic E-state index is 11.8. The molecule has 6 nitrogen and oxygen atoms in total. The molecule has 3 heterocycles. The van der Waals surface area contributed by atoms with Gasteiger partial charge in [-0.15, -0.1) is 0 Å². The fourth-order valence-electron chi connectivity index (χ4n) is 4.57. The predicted octanol–water partition coefficient (Wildman–Crippen LogP) is 2.72. The van der Waals surface area contributed by atoms with Crippen molar-refractivity contribution in [2.45, 2.75) is 45.6 Å². The fraction of sp³-hybridized carbons (Fsp3) is 0.476. The lowest BCUT2D eigenvalue weighted by molar-refractivity contribution is -0.144. The second-order valence-corrected chi connectivity index (χ2v) is 7.99. The van der Waals surface area contributed by atoms with Crippen molar-refractivity contribution in [1.82, 2.24) is 10.3 Å². The number of piperidine rings is 1. The van der Waals surface area contributed by atoms with Gasteiger partial charge in [0.25, 0.3) is 0 Å². The lowest BCUT2D eigenvalue weighted by Crippen LogP contribution is -2.55. The first-order chi connectivity index (χ1) is 12.8. The molecular weight excluding hydrogens is 342 g/mol. The van der Waals surface area contributed by atoms with E-state index in [1.54, 1.807) is 0 Å². The van der Waals surface area contributed by atoms with Crippen molar-refractivity contribution < 1.29 is 14.7 Å². The molecular formula is C21H25N3O3. The van der Waals surface area contributed by atoms with Crippen LogP contribution in [0.4, 0.5) is 5.82 Å². The van der Waals surface area contributed by atoms with E-state index in [9.17, 15) is 14.7 Å². The maximum absolute atomic E-state index is 11.8. The summed E-state index contributed by atoms with van der Waals surface area (Å²) in [5.41, 5.74) is 4.03. The molecule has 6 heteroatoms. The van der Waals surface area contributed by atoms with E-state index < -0.39 is 17.4 Å². The normalized spacial score (nSPS) is 21.7. The molecule has 4 rings (SSSR count). The second-order valence-electron chi connectivity index (χ2n) is 7.99. The molecule has 2 aromatic rings. The van der Waals surface area contributed by atoms with E-state index in [0.29, 0.717) is 25.9 Å². The van der Waals surface area contributed by atoms with E-state index in [1.165, 1.54) is 22.1 Å². The predicted molar refractivity (Wildman–Crippen MR) is 104 cm³/mol. The maximum Gasteiger partial charge on any atom is 0.309 e. The molecule has 0 bridgehead atoms. The second kappa shape index (κ2) is 6.22. The zero-order valence-corrected chi connectivity index (χ0v) is 16.0. The van der Waals surface area contributed by atoms with Crippen LogP contribution >= 0.6 is 0 Å². The number of carbonyl (C=O) groups excluding carboxylic acids is 1. The lowest BCUT2D eigenvalue weighted by atomic mass is 9.77. The summed E-state index contributed by atoms with van der Waals surface area (Å²) >= 11 is 0. The van der Waals surface area contributed by atoms with Crippen LogP contribution in [0.15, 0.2) is 18.2 Å². The third-order valence-electron chi connectivity index (χ3n) is 6.42. The smallest absolute Gasteiger partial charge is 0.309 e. The SMILES string of the molecule is Cc1ccc2c(C)cc(N3CCC4(CC3)NC(=O)CC4C(=O)O)nc2c1C. The topological polar surface area (TPSA) is 82.5 Å². The first-order valence-corrected chi connectivity index (χ1v) is 9.47. The number of carbonyl (C=O) groups is 2. The van der Waals surface area contributed by atoms with Gasteiger partial charge in [-0.1, -0.05) is 12.1 Å². The van der Waals surface area contributed by atoms with Gasteiger partial charge in [-0.3, -0.25) is 9.59 Å². The number of carboxylic acids is 1. The Bertz CT molecular complexity index is 945. The number of amides is 1. The van der Waals surface area contributed by atoms with Crippen LogP contribution in [0.2, 0.25) is 0 Å². The van der Waals surface area contributed by atoms with Gasteiger partial charge in [0.1, 0.15) is 5.82 Å². The number of aryl methyl sites for hydroxylation is 3. The van der Waals surface area contributed by atoms with E-state index in [4.69, 9.17) is 4.98 Å². The molecule has 1 spiro atoms. The van der Waals surface area contributed by atoms with E-state index in [1.807, 2.05) is 0 Å². The van der Waals surface area contributed by atoms with Crippen molar-refractivity contribution in [3.05, 3.63) is 34.9 Å². The molecule has 2 fully saturated rings. The van der Waals surface area contributed by atoms with Crippen LogP contribution in [-0.2, 0) is 9.59 Å². The van der Waals surface area contributed by atoms with Crippen molar-refractivity contribution in [2.75, 3.05) is 18.0 Å². The van der Waals surface area contributed by atoms with Gasteiger partial charge in [0, 0.05) is 24.9 Å². The van der Waals surface area contributed by atoms with Crippen LogP contribution in [-0.4, -0.2) is 40.6 Å². The monoisotopic (exact) mass is 367 g/mol. The van der Waals surface area contributed by atoms with E-state index >= 15 is 0 Å². The number of pyridine rings is 1. The van der Waals surface area contributed by atoms with Crippen LogP contribution in [0.3, 0.4) is 0 Å². The highest BCUT2D eigenvalue weighted by atomic mass is 16.4. The van der Waals surface area contributed by atoms with Crippen LogP contribution in [0, 0.1) is 26.7 Å². The number of fused-ring (bicyclic) bond motifs is 1. The first-order valence-electron chi connectivity index (χ1n) is 9.47. The molecule has 1 unspecified atom stereocenters. The largest absolute Gasteiger partial charge is 0.481 e. The van der Waals surface area contributed by atoms with Gasteiger partial charge in [0.15, 0.2) is 0 Å². The molecule has 142 valence electrons. The number of aromatic nitrogens is 1. The summed E-state index contributed by atoms with van der Waals surface area (Å²) in [7, 11) is 0. The summed E-state index contributed by atoms with van der Waals surface area (Å²) < 4.78 is 0. The average Bonchev–Trinajstić information content (AvgIpc) is 2.95. The van der Waals surface area contributed by atoms with Crippen molar-refractivity contribution >= 4 is 28.6 Å². The highest BCUT2D eigenvalue weighted by Gasteiger charge is 2.51. The minimum absolute atomic E-state index is 0.0845. The minimum atomic E-state index is -0.882. The number of rotatable bonds is 2. The van der Waals surface area contributed by atoms with Gasteiger partial charge in [0.05, 0.1) is 17.0 Å². The third-order valence-corrected chi connectivity index (χ3v) is 6.42. The number of nitrogens with zero attached hydrogens (tertiary/aromatic N) is 2. The Morgan fingerprint density at radius 3 is 2.59 bits per heavy atom. The van der Waals surface area contributed by atoms with Crippen LogP contribution in [0.1, 0.15) is 36.0 Å².